The van der Waals surface area contributed by atoms with Crippen LogP contribution in [0.2, 0.25) is 0 Å². The fraction of sp³-hybridized carbons (Fsp3) is 0.167. The molecule has 0 amide bonds. The number of nitrogens with one attached hydrogen (secondary N) is 1. The van der Waals surface area contributed by atoms with E-state index < -0.39 is 0 Å². The Kier molecular flexibility index (Phi) is 6.74. The third-order valence-corrected chi connectivity index (χ3v) is 6.58. The number of benzene rings is 2. The number of thiophene rings is 1. The normalized spacial score (nSPS) is 11.3. The number of thioether (sulfide) groups is 1. The number of methoxy groups -OCH3 is 2. The summed E-state index contributed by atoms with van der Waals surface area (Å²) in [4.78, 5) is 6.07. The maximum atomic E-state index is 8.90. The van der Waals surface area contributed by atoms with Crippen molar-refractivity contribution in [2.24, 2.45) is 0 Å². The summed E-state index contributed by atoms with van der Waals surface area (Å²) in [6.45, 7) is 0.610. The Balaban J connectivity index is 1.72. The van der Waals surface area contributed by atoms with Crippen molar-refractivity contribution in [3.8, 4) is 11.5 Å². The Morgan fingerprint density at radius 2 is 1.84 bits per heavy atom. The average molecular weight is 450 g/mol. The van der Waals surface area contributed by atoms with E-state index in [0.717, 1.165) is 21.8 Å². The Hall–Kier alpha value is -3.03. The van der Waals surface area contributed by atoms with Crippen molar-refractivity contribution < 1.29 is 9.47 Å². The molecule has 7 heteroatoms. The van der Waals surface area contributed by atoms with Crippen LogP contribution in [0.5, 0.6) is 11.5 Å². The molecule has 0 bridgehead atoms. The summed E-state index contributed by atoms with van der Waals surface area (Å²) in [5, 5.41) is 12.5. The van der Waals surface area contributed by atoms with Crippen molar-refractivity contribution in [2.45, 2.75) is 11.7 Å². The first-order valence-corrected chi connectivity index (χ1v) is 11.6. The number of ether oxygens (including phenoxy) is 2. The van der Waals surface area contributed by atoms with Gasteiger partial charge in [-0.1, -0.05) is 60.3 Å². The highest BCUT2D eigenvalue weighted by molar-refractivity contribution is 7.99. The van der Waals surface area contributed by atoms with Gasteiger partial charge in [0.25, 0.3) is 0 Å². The van der Waals surface area contributed by atoms with Crippen LogP contribution >= 0.6 is 23.1 Å². The van der Waals surface area contributed by atoms with Crippen molar-refractivity contribution in [2.75, 3.05) is 20.0 Å². The molecule has 31 heavy (non-hydrogen) atoms. The molecule has 0 spiro atoms. The van der Waals surface area contributed by atoms with E-state index in [1.807, 2.05) is 41.0 Å². The molecule has 4 aromatic rings. The standard InChI is InChI=1S/C24H23N3O2S2/c1-28-21-14-19-20(15-22(21)29-2)26-24(27(23(19)25)16-18-11-7-12-30-18)31-13-6-10-17-8-4-3-5-9-17/h3-12,14-15,25H,13,16H2,1-2H3/b10-6+,25-23?. The van der Waals surface area contributed by atoms with Crippen LogP contribution in [0.1, 0.15) is 10.4 Å². The van der Waals surface area contributed by atoms with E-state index >= 15 is 0 Å². The molecule has 0 unspecified atom stereocenters. The van der Waals surface area contributed by atoms with Crippen LogP contribution in [-0.2, 0) is 6.54 Å². The van der Waals surface area contributed by atoms with Gasteiger partial charge in [0.2, 0.25) is 0 Å². The lowest BCUT2D eigenvalue weighted by atomic mass is 10.2. The van der Waals surface area contributed by atoms with Gasteiger partial charge in [-0.3, -0.25) is 5.41 Å². The second kappa shape index (κ2) is 9.85. The smallest absolute Gasteiger partial charge is 0.170 e. The molecule has 0 aliphatic carbocycles. The molecule has 5 nitrogen and oxygen atoms in total. The molecule has 2 heterocycles. The summed E-state index contributed by atoms with van der Waals surface area (Å²) < 4.78 is 12.8. The van der Waals surface area contributed by atoms with Crippen LogP contribution in [0.4, 0.5) is 0 Å². The molecule has 158 valence electrons. The minimum absolute atomic E-state index is 0.411. The Bertz CT molecular complexity index is 1250. The monoisotopic (exact) mass is 449 g/mol. The molecule has 4 rings (SSSR count). The second-order valence-corrected chi connectivity index (χ2v) is 8.78. The Morgan fingerprint density at radius 1 is 1.06 bits per heavy atom. The molecule has 0 radical (unpaired) electrons. The second-order valence-electron chi connectivity index (χ2n) is 6.76. The van der Waals surface area contributed by atoms with E-state index in [1.54, 1.807) is 37.3 Å². The highest BCUT2D eigenvalue weighted by atomic mass is 32.2. The predicted molar refractivity (Wildman–Crippen MR) is 128 cm³/mol. The van der Waals surface area contributed by atoms with Gasteiger partial charge in [-0.05, 0) is 23.1 Å². The van der Waals surface area contributed by atoms with E-state index in [0.29, 0.717) is 23.5 Å². The van der Waals surface area contributed by atoms with Gasteiger partial charge in [-0.15, -0.1) is 11.3 Å². The van der Waals surface area contributed by atoms with Crippen molar-refractivity contribution >= 4 is 40.1 Å². The van der Waals surface area contributed by atoms with Crippen LogP contribution in [-0.4, -0.2) is 29.5 Å². The molecule has 1 N–H and O–H groups in total. The maximum absolute atomic E-state index is 8.90. The van der Waals surface area contributed by atoms with Gasteiger partial charge in [0.05, 0.1) is 26.3 Å². The van der Waals surface area contributed by atoms with Gasteiger partial charge < -0.3 is 14.0 Å². The molecule has 0 saturated carbocycles. The van der Waals surface area contributed by atoms with Crippen molar-refractivity contribution in [1.29, 1.82) is 5.41 Å². The van der Waals surface area contributed by atoms with Gasteiger partial charge in [-0.25, -0.2) is 4.98 Å². The topological polar surface area (TPSA) is 60.1 Å². The maximum Gasteiger partial charge on any atom is 0.170 e. The van der Waals surface area contributed by atoms with Crippen LogP contribution in [0.3, 0.4) is 0 Å². The van der Waals surface area contributed by atoms with E-state index in [4.69, 9.17) is 19.9 Å². The van der Waals surface area contributed by atoms with E-state index in [1.165, 1.54) is 10.4 Å². The molecule has 2 aromatic heterocycles. The number of nitrogens with zero attached hydrogens (tertiary/aromatic N) is 2. The quantitative estimate of drug-likeness (QED) is 0.287. The SMILES string of the molecule is COc1cc2nc(SC/C=C/c3ccccc3)n(Cc3cccs3)c(=N)c2cc1OC. The average Bonchev–Trinajstić information content (AvgIpc) is 3.32. The predicted octanol–water partition coefficient (Wildman–Crippen LogP) is 5.45. The fourth-order valence-electron chi connectivity index (χ4n) is 3.24. The highest BCUT2D eigenvalue weighted by Gasteiger charge is 2.14. The third kappa shape index (κ3) is 4.84. The van der Waals surface area contributed by atoms with Crippen LogP contribution < -0.4 is 15.0 Å². The van der Waals surface area contributed by atoms with Crippen molar-refractivity contribution in [1.82, 2.24) is 9.55 Å². The lowest BCUT2D eigenvalue weighted by Crippen LogP contribution is -2.24. The van der Waals surface area contributed by atoms with Crippen molar-refractivity contribution in [3.05, 3.63) is 82.0 Å². The lowest BCUT2D eigenvalue weighted by molar-refractivity contribution is 0.355. The minimum Gasteiger partial charge on any atom is -0.493 e. The number of fused-ring (bicyclic) bond motifs is 1. The molecule has 0 aliphatic rings. The first-order valence-electron chi connectivity index (χ1n) is 9.77. The molecular weight excluding hydrogens is 426 g/mol. The number of rotatable bonds is 8. The molecule has 0 saturated heterocycles. The zero-order valence-corrected chi connectivity index (χ0v) is 19.0. The molecule has 0 atom stereocenters. The van der Waals surface area contributed by atoms with Crippen molar-refractivity contribution in [3.63, 3.8) is 0 Å². The first-order chi connectivity index (χ1) is 15.2. The summed E-state index contributed by atoms with van der Waals surface area (Å²) in [5.41, 5.74) is 2.30. The molecular formula is C24H23N3O2S2. The van der Waals surface area contributed by atoms with E-state index in [-0.39, 0.29) is 0 Å². The Morgan fingerprint density at radius 3 is 2.55 bits per heavy atom. The summed E-state index contributed by atoms with van der Waals surface area (Å²) in [6.07, 6.45) is 4.23. The zero-order chi connectivity index (χ0) is 21.6. The molecule has 0 fully saturated rings. The van der Waals surface area contributed by atoms with E-state index in [9.17, 15) is 0 Å². The fourth-order valence-corrected chi connectivity index (χ4v) is 4.75. The first kappa shape index (κ1) is 21.2. The Labute approximate surface area is 189 Å². The lowest BCUT2D eigenvalue weighted by Gasteiger charge is -2.15. The summed E-state index contributed by atoms with van der Waals surface area (Å²) in [7, 11) is 3.21. The summed E-state index contributed by atoms with van der Waals surface area (Å²) in [5.74, 6) is 1.96. The largest absolute Gasteiger partial charge is 0.493 e. The third-order valence-electron chi connectivity index (χ3n) is 4.79. The summed E-state index contributed by atoms with van der Waals surface area (Å²) >= 11 is 3.30. The van der Waals surface area contributed by atoms with Gasteiger partial charge in [0.15, 0.2) is 16.7 Å². The highest BCUT2D eigenvalue weighted by Crippen LogP contribution is 2.31. The number of hydrogen-bond acceptors (Lipinski definition) is 6. The van der Waals surface area contributed by atoms with Gasteiger partial charge in [0, 0.05) is 22.1 Å². The molecule has 0 aliphatic heterocycles. The summed E-state index contributed by atoms with van der Waals surface area (Å²) in [6, 6.07) is 18.0. The van der Waals surface area contributed by atoms with Gasteiger partial charge in [-0.2, -0.15) is 0 Å². The number of aromatic nitrogens is 2. The molecule has 2 aromatic carbocycles. The van der Waals surface area contributed by atoms with Gasteiger partial charge >= 0.3 is 0 Å². The van der Waals surface area contributed by atoms with Crippen LogP contribution in [0.15, 0.2) is 71.2 Å². The zero-order valence-electron chi connectivity index (χ0n) is 17.4. The van der Waals surface area contributed by atoms with E-state index in [2.05, 4.69) is 35.7 Å². The van der Waals surface area contributed by atoms with Crippen LogP contribution in [0.25, 0.3) is 17.0 Å². The number of hydrogen-bond donors (Lipinski definition) is 1. The minimum atomic E-state index is 0.411. The van der Waals surface area contributed by atoms with Gasteiger partial charge in [0.1, 0.15) is 5.49 Å². The van der Waals surface area contributed by atoms with Crippen LogP contribution in [0, 0.1) is 5.41 Å².